The van der Waals surface area contributed by atoms with E-state index in [-0.39, 0.29) is 55.4 Å². The maximum Gasteiger partial charge on any atom is 0.243 e. The van der Waals surface area contributed by atoms with Gasteiger partial charge in [-0.15, -0.1) is 0 Å². The van der Waals surface area contributed by atoms with E-state index < -0.39 is 59.1 Å². The molecule has 0 bridgehead atoms. The second kappa shape index (κ2) is 18.9. The average molecular weight is 761 g/mol. The number of benzene rings is 2. The monoisotopic (exact) mass is 760 g/mol. The van der Waals surface area contributed by atoms with Gasteiger partial charge in [0.15, 0.2) is 0 Å². The molecular formula is C43H64N6O6. The van der Waals surface area contributed by atoms with E-state index in [1.165, 1.54) is 0 Å². The van der Waals surface area contributed by atoms with E-state index in [0.29, 0.717) is 5.75 Å². The van der Waals surface area contributed by atoms with E-state index in [1.807, 2.05) is 117 Å². The Kier molecular flexibility index (Phi) is 14.9. The number of hydrogen-bond acceptors (Lipinski definition) is 7. The molecule has 2 fully saturated rings. The van der Waals surface area contributed by atoms with Crippen LogP contribution in [0.25, 0.3) is 0 Å². The van der Waals surface area contributed by atoms with Gasteiger partial charge in [0.1, 0.15) is 35.5 Å². The minimum Gasteiger partial charge on any atom is -0.488 e. The van der Waals surface area contributed by atoms with Gasteiger partial charge in [-0.25, -0.2) is 0 Å². The van der Waals surface area contributed by atoms with Gasteiger partial charge in [0.25, 0.3) is 0 Å². The number of carbonyl (C=O) groups is 5. The largest absolute Gasteiger partial charge is 0.488 e. The van der Waals surface area contributed by atoms with Crippen LogP contribution in [0, 0.1) is 17.8 Å². The molecule has 4 rings (SSSR count). The minimum atomic E-state index is -1.08. The van der Waals surface area contributed by atoms with E-state index in [9.17, 15) is 24.0 Å². The smallest absolute Gasteiger partial charge is 0.243 e. The predicted octanol–water partition coefficient (Wildman–Crippen LogP) is 3.96. The molecule has 2 aliphatic rings. The zero-order chi connectivity index (χ0) is 40.5. The summed E-state index contributed by atoms with van der Waals surface area (Å²) in [4.78, 5) is 70.6. The summed E-state index contributed by atoms with van der Waals surface area (Å²) in [6, 6.07) is 12.1. The highest BCUT2D eigenvalue weighted by molar-refractivity contribution is 5.96. The maximum absolute atomic E-state index is 14.2. The first-order chi connectivity index (χ1) is 25.8. The van der Waals surface area contributed by atoms with Gasteiger partial charge in [-0.2, -0.15) is 0 Å². The number of ether oxygens (including phenoxy) is 1. The highest BCUT2D eigenvalue weighted by Gasteiger charge is 2.43. The maximum atomic E-state index is 14.2. The normalized spacial score (nSPS) is 24.6. The molecule has 1 heterocycles. The quantitative estimate of drug-likeness (QED) is 0.225. The van der Waals surface area contributed by atoms with Gasteiger partial charge in [-0.1, -0.05) is 84.0 Å². The van der Waals surface area contributed by atoms with Crippen LogP contribution in [0.5, 0.6) is 5.75 Å². The van der Waals surface area contributed by atoms with Gasteiger partial charge in [0, 0.05) is 24.9 Å². The number of hydrogen-bond donors (Lipinski definition) is 6. The van der Waals surface area contributed by atoms with Crippen molar-refractivity contribution in [3.05, 3.63) is 65.7 Å². The molecular weight excluding hydrogens is 697 g/mol. The second-order valence-corrected chi connectivity index (χ2v) is 17.5. The van der Waals surface area contributed by atoms with Gasteiger partial charge in [0.05, 0.1) is 6.04 Å². The van der Waals surface area contributed by atoms with Crippen molar-refractivity contribution in [2.75, 3.05) is 6.54 Å². The van der Waals surface area contributed by atoms with E-state index in [2.05, 4.69) is 31.9 Å². The molecule has 5 amide bonds. The lowest BCUT2D eigenvalue weighted by Crippen LogP contribution is -2.67. The Morgan fingerprint density at radius 2 is 1.15 bits per heavy atom. The fourth-order valence-electron chi connectivity index (χ4n) is 7.06. The van der Waals surface area contributed by atoms with Crippen molar-refractivity contribution in [2.24, 2.45) is 17.8 Å². The van der Waals surface area contributed by atoms with E-state index in [4.69, 9.17) is 4.74 Å². The molecule has 302 valence electrons. The number of carbonyl (C=O) groups excluding carboxylic acids is 5. The summed E-state index contributed by atoms with van der Waals surface area (Å²) in [5, 5.41) is 18.5. The summed E-state index contributed by atoms with van der Waals surface area (Å²) in [5.41, 5.74) is 0.684. The standard InChI is InChI=1S/C43H64N6O6/c1-26(2)22-32-37(50)46-34(24-30-16-18-31(19-17-30)55-42(7,8)9)39(52)48-35(27(3)4)40(53)44-25-43(20-13-21-43)49-36(28(5)6)41(54)47-33(38(51)45-32)23-29-14-11-10-12-15-29/h10-12,14-19,26-28,32-36,49H,13,20-25H2,1-9H3,(H,44,53)(H,45,51)(H,46,50)(H,47,54)(H,48,52)/t32-,33-,34-,35-,36-/m0/s1. The Morgan fingerprint density at radius 3 is 1.65 bits per heavy atom. The summed E-state index contributed by atoms with van der Waals surface area (Å²) in [6.07, 6.45) is 3.05. The molecule has 2 aromatic carbocycles. The number of amides is 5. The van der Waals surface area contributed by atoms with Crippen LogP contribution < -0.4 is 36.6 Å². The van der Waals surface area contributed by atoms with Gasteiger partial charge in [-0.05, 0) is 87.5 Å². The highest BCUT2D eigenvalue weighted by atomic mass is 16.5. The van der Waals surface area contributed by atoms with Gasteiger partial charge >= 0.3 is 0 Å². The molecule has 1 saturated heterocycles. The number of nitrogens with one attached hydrogen (secondary N) is 6. The minimum absolute atomic E-state index is 0.000847. The second-order valence-electron chi connectivity index (χ2n) is 17.5. The van der Waals surface area contributed by atoms with Gasteiger partial charge in [0.2, 0.25) is 29.5 Å². The first kappa shape index (κ1) is 43.3. The lowest BCUT2D eigenvalue weighted by atomic mass is 9.75. The molecule has 0 aromatic heterocycles. The first-order valence-electron chi connectivity index (χ1n) is 19.9. The van der Waals surface area contributed by atoms with Crippen molar-refractivity contribution in [1.82, 2.24) is 31.9 Å². The van der Waals surface area contributed by atoms with Crippen LogP contribution in [-0.4, -0.2) is 77.4 Å². The van der Waals surface area contributed by atoms with Crippen LogP contribution >= 0.6 is 0 Å². The Hall–Kier alpha value is -4.45. The molecule has 0 radical (unpaired) electrons. The summed E-state index contributed by atoms with van der Waals surface area (Å²) in [6.45, 7) is 17.6. The highest BCUT2D eigenvalue weighted by Crippen LogP contribution is 2.33. The summed E-state index contributed by atoms with van der Waals surface area (Å²) >= 11 is 0. The molecule has 1 aliphatic heterocycles. The third-order valence-electron chi connectivity index (χ3n) is 10.2. The van der Waals surface area contributed by atoms with Crippen LogP contribution in [0.4, 0.5) is 0 Å². The van der Waals surface area contributed by atoms with Crippen molar-refractivity contribution in [3.8, 4) is 5.75 Å². The number of rotatable bonds is 9. The first-order valence-corrected chi connectivity index (χ1v) is 19.9. The SMILES string of the molecule is CC(C)C[C@@H]1NC(=O)[C@H](Cc2ccccc2)NC(=O)[C@H](C(C)C)NC2(CCC2)CNC(=O)[C@H](C(C)C)NC(=O)[C@H](Cc2ccc(OC(C)(C)C)cc2)NC1=O. The van der Waals surface area contributed by atoms with Crippen molar-refractivity contribution >= 4 is 29.5 Å². The predicted molar refractivity (Wildman–Crippen MR) is 214 cm³/mol. The molecule has 5 atom stereocenters. The fourth-order valence-corrected chi connectivity index (χ4v) is 7.06. The fraction of sp³-hybridized carbons (Fsp3) is 0.605. The molecule has 6 N–H and O–H groups in total. The Labute approximate surface area is 327 Å². The van der Waals surface area contributed by atoms with Crippen molar-refractivity contribution in [3.63, 3.8) is 0 Å². The molecule has 55 heavy (non-hydrogen) atoms. The summed E-state index contributed by atoms with van der Waals surface area (Å²) < 4.78 is 5.98. The molecule has 12 heteroatoms. The Balaban J connectivity index is 1.73. The van der Waals surface area contributed by atoms with Crippen molar-refractivity contribution in [1.29, 1.82) is 0 Å². The van der Waals surface area contributed by atoms with E-state index in [1.54, 1.807) is 0 Å². The van der Waals surface area contributed by atoms with Gasteiger partial charge < -0.3 is 31.3 Å². The Morgan fingerprint density at radius 1 is 0.636 bits per heavy atom. The summed E-state index contributed by atoms with van der Waals surface area (Å²) in [7, 11) is 0. The molecule has 1 saturated carbocycles. The average Bonchev–Trinajstić information content (AvgIpc) is 3.08. The van der Waals surface area contributed by atoms with Crippen LogP contribution in [-0.2, 0) is 36.8 Å². The molecule has 0 unspecified atom stereocenters. The molecule has 2 aromatic rings. The van der Waals surface area contributed by atoms with Crippen molar-refractivity contribution < 1.29 is 28.7 Å². The van der Waals surface area contributed by atoms with Crippen molar-refractivity contribution in [2.45, 2.75) is 142 Å². The van der Waals surface area contributed by atoms with E-state index in [0.717, 1.165) is 30.4 Å². The van der Waals surface area contributed by atoms with Crippen LogP contribution in [0.15, 0.2) is 54.6 Å². The Bertz CT molecular complexity index is 1620. The van der Waals surface area contributed by atoms with Crippen LogP contribution in [0.1, 0.15) is 99.1 Å². The zero-order valence-electron chi connectivity index (χ0n) is 34.2. The lowest BCUT2D eigenvalue weighted by molar-refractivity contribution is -0.136. The zero-order valence-corrected chi connectivity index (χ0v) is 34.2. The van der Waals surface area contributed by atoms with Crippen LogP contribution in [0.3, 0.4) is 0 Å². The molecule has 12 nitrogen and oxygen atoms in total. The van der Waals surface area contributed by atoms with Crippen LogP contribution in [0.2, 0.25) is 0 Å². The molecule has 1 spiro atoms. The van der Waals surface area contributed by atoms with E-state index >= 15 is 0 Å². The third-order valence-corrected chi connectivity index (χ3v) is 10.2. The summed E-state index contributed by atoms with van der Waals surface area (Å²) in [5.74, 6) is -1.97. The lowest BCUT2D eigenvalue weighted by Gasteiger charge is -2.46. The third kappa shape index (κ3) is 12.8. The topological polar surface area (TPSA) is 167 Å². The van der Waals surface area contributed by atoms with Gasteiger partial charge in [-0.3, -0.25) is 29.3 Å². The molecule has 1 aliphatic carbocycles.